The van der Waals surface area contributed by atoms with E-state index in [4.69, 9.17) is 16.3 Å². The average molecular weight is 434 g/mol. The molecular formula is C15H14BrClN2O4S. The van der Waals surface area contributed by atoms with E-state index in [0.717, 1.165) is 6.26 Å². The Morgan fingerprint density at radius 1 is 1.38 bits per heavy atom. The summed E-state index contributed by atoms with van der Waals surface area (Å²) in [6.45, 7) is 0.0393. The number of sulfone groups is 1. The van der Waals surface area contributed by atoms with Crippen molar-refractivity contribution in [3.8, 4) is 5.75 Å². The molecule has 1 aromatic heterocycles. The first-order valence-corrected chi connectivity index (χ1v) is 10.0. The number of nitrogens with one attached hydrogen (secondary N) is 1. The Kier molecular flexibility index (Phi) is 6.20. The van der Waals surface area contributed by atoms with Crippen molar-refractivity contribution >= 4 is 49.0 Å². The fraction of sp³-hybridized carbons (Fsp3) is 0.200. The van der Waals surface area contributed by atoms with Crippen molar-refractivity contribution in [3.63, 3.8) is 0 Å². The summed E-state index contributed by atoms with van der Waals surface area (Å²) in [7, 11) is -3.09. The summed E-state index contributed by atoms with van der Waals surface area (Å²) in [6.07, 6.45) is 2.64. The van der Waals surface area contributed by atoms with Gasteiger partial charge in [0.05, 0.1) is 11.3 Å². The monoisotopic (exact) mass is 432 g/mol. The third-order valence-electron chi connectivity index (χ3n) is 2.87. The minimum Gasteiger partial charge on any atom is -0.492 e. The molecule has 0 spiro atoms. The number of pyridine rings is 1. The summed E-state index contributed by atoms with van der Waals surface area (Å²) in [5.41, 5.74) is 0.724. The van der Waals surface area contributed by atoms with Crippen LogP contribution in [0.25, 0.3) is 0 Å². The van der Waals surface area contributed by atoms with E-state index < -0.39 is 15.7 Å². The Hall–Kier alpha value is -1.64. The van der Waals surface area contributed by atoms with Crippen LogP contribution in [-0.2, 0) is 9.84 Å². The van der Waals surface area contributed by atoms with Crippen molar-refractivity contribution in [2.45, 2.75) is 0 Å². The average Bonchev–Trinajstić information content (AvgIpc) is 2.49. The van der Waals surface area contributed by atoms with Crippen molar-refractivity contribution in [1.29, 1.82) is 0 Å². The highest BCUT2D eigenvalue weighted by molar-refractivity contribution is 9.10. The van der Waals surface area contributed by atoms with E-state index in [-0.39, 0.29) is 23.1 Å². The minimum atomic E-state index is -3.09. The largest absolute Gasteiger partial charge is 0.492 e. The van der Waals surface area contributed by atoms with Crippen molar-refractivity contribution in [1.82, 2.24) is 4.98 Å². The van der Waals surface area contributed by atoms with Crippen molar-refractivity contribution in [3.05, 3.63) is 51.7 Å². The molecule has 6 nitrogen and oxygen atoms in total. The Morgan fingerprint density at radius 3 is 2.83 bits per heavy atom. The Labute approximate surface area is 153 Å². The quantitative estimate of drug-likeness (QED) is 0.707. The number of aromatic nitrogens is 1. The topological polar surface area (TPSA) is 85.4 Å². The van der Waals surface area contributed by atoms with Gasteiger partial charge < -0.3 is 10.1 Å². The van der Waals surface area contributed by atoms with Gasteiger partial charge in [-0.1, -0.05) is 17.7 Å². The van der Waals surface area contributed by atoms with Crippen molar-refractivity contribution < 1.29 is 17.9 Å². The molecule has 1 aromatic carbocycles. The number of anilines is 1. The molecule has 24 heavy (non-hydrogen) atoms. The number of amides is 1. The van der Waals surface area contributed by atoms with Crippen LogP contribution in [0.2, 0.25) is 5.15 Å². The molecule has 1 heterocycles. The van der Waals surface area contributed by atoms with E-state index >= 15 is 0 Å². The maximum atomic E-state index is 12.3. The zero-order valence-corrected chi connectivity index (χ0v) is 15.8. The van der Waals surface area contributed by atoms with Crippen molar-refractivity contribution in [2.24, 2.45) is 0 Å². The Bertz CT molecular complexity index is 858. The normalized spacial score (nSPS) is 11.1. The second kappa shape index (κ2) is 7.96. The molecule has 2 rings (SSSR count). The number of rotatable bonds is 6. The second-order valence-electron chi connectivity index (χ2n) is 4.95. The third kappa shape index (κ3) is 5.77. The van der Waals surface area contributed by atoms with Gasteiger partial charge in [0.1, 0.15) is 17.5 Å². The van der Waals surface area contributed by atoms with Gasteiger partial charge in [-0.05, 0) is 34.1 Å². The molecule has 0 bridgehead atoms. The minimum absolute atomic E-state index is 0.0393. The van der Waals surface area contributed by atoms with E-state index in [0.29, 0.717) is 15.9 Å². The predicted molar refractivity (Wildman–Crippen MR) is 96.5 cm³/mol. The number of ether oxygens (including phenoxy) is 1. The smallest absolute Gasteiger partial charge is 0.258 e. The molecule has 0 unspecified atom stereocenters. The van der Waals surface area contributed by atoms with Gasteiger partial charge in [-0.3, -0.25) is 4.79 Å². The van der Waals surface area contributed by atoms with Crippen LogP contribution in [0.4, 0.5) is 5.69 Å². The van der Waals surface area contributed by atoms with E-state index in [9.17, 15) is 13.2 Å². The van der Waals surface area contributed by atoms with E-state index in [1.807, 2.05) is 0 Å². The van der Waals surface area contributed by atoms with E-state index in [1.54, 1.807) is 30.3 Å². The number of hydrogen-bond acceptors (Lipinski definition) is 5. The summed E-state index contributed by atoms with van der Waals surface area (Å²) < 4.78 is 28.2. The summed E-state index contributed by atoms with van der Waals surface area (Å²) in [4.78, 5) is 16.2. The van der Waals surface area contributed by atoms with E-state index in [1.165, 1.54) is 6.20 Å². The first-order chi connectivity index (χ1) is 11.2. The number of carbonyl (C=O) groups excluding carboxylic acids is 1. The standard InChI is InChI=1S/C15H14BrClN2O4S/c1-24(21,22)6-5-23-12-4-2-3-11(8-12)19-15(20)13-7-10(16)9-18-14(13)17/h2-4,7-9H,5-6H2,1H3,(H,19,20). The highest BCUT2D eigenvalue weighted by atomic mass is 79.9. The zero-order valence-electron chi connectivity index (χ0n) is 12.6. The number of benzene rings is 1. The van der Waals surface area contributed by atoms with Crippen LogP contribution in [0.5, 0.6) is 5.75 Å². The van der Waals surface area contributed by atoms with Crippen LogP contribution < -0.4 is 10.1 Å². The number of carbonyl (C=O) groups is 1. The molecule has 2 aromatic rings. The van der Waals surface area contributed by atoms with Gasteiger partial charge in [-0.25, -0.2) is 13.4 Å². The summed E-state index contributed by atoms with van der Waals surface area (Å²) in [6, 6.07) is 8.20. The molecule has 0 aliphatic heterocycles. The lowest BCUT2D eigenvalue weighted by molar-refractivity contribution is 0.102. The van der Waals surface area contributed by atoms with E-state index in [2.05, 4.69) is 26.2 Å². The first kappa shape index (κ1) is 18.7. The highest BCUT2D eigenvalue weighted by Crippen LogP contribution is 2.21. The highest BCUT2D eigenvalue weighted by Gasteiger charge is 2.13. The lowest BCUT2D eigenvalue weighted by atomic mass is 10.2. The molecule has 0 aliphatic rings. The maximum absolute atomic E-state index is 12.3. The predicted octanol–water partition coefficient (Wildman–Crippen LogP) is 3.17. The third-order valence-corrected chi connectivity index (χ3v) is 4.51. The molecule has 0 aliphatic carbocycles. The van der Waals surface area contributed by atoms with Gasteiger partial charge in [-0.2, -0.15) is 0 Å². The van der Waals surface area contributed by atoms with Crippen LogP contribution >= 0.6 is 27.5 Å². The molecule has 0 fully saturated rings. The molecule has 0 atom stereocenters. The van der Waals surface area contributed by atoms with Gasteiger partial charge in [0, 0.05) is 28.7 Å². The van der Waals surface area contributed by atoms with Gasteiger partial charge in [0.25, 0.3) is 5.91 Å². The zero-order chi connectivity index (χ0) is 17.7. The molecule has 0 saturated carbocycles. The first-order valence-electron chi connectivity index (χ1n) is 6.77. The van der Waals surface area contributed by atoms with Crippen LogP contribution in [-0.4, -0.2) is 37.9 Å². The van der Waals surface area contributed by atoms with Crippen molar-refractivity contribution in [2.75, 3.05) is 23.9 Å². The Balaban J connectivity index is 2.06. The fourth-order valence-corrected chi connectivity index (χ4v) is 2.66. The SMILES string of the molecule is CS(=O)(=O)CCOc1cccc(NC(=O)c2cc(Br)cnc2Cl)c1. The summed E-state index contributed by atoms with van der Waals surface area (Å²) >= 11 is 9.16. The molecule has 0 radical (unpaired) electrons. The summed E-state index contributed by atoms with van der Waals surface area (Å²) in [5, 5.41) is 2.78. The molecule has 9 heteroatoms. The van der Waals surface area contributed by atoms with Crippen LogP contribution in [0.3, 0.4) is 0 Å². The van der Waals surface area contributed by atoms with Crippen LogP contribution in [0.15, 0.2) is 41.0 Å². The van der Waals surface area contributed by atoms with Gasteiger partial charge in [0.15, 0.2) is 9.84 Å². The lowest BCUT2D eigenvalue weighted by Crippen LogP contribution is -2.14. The number of hydrogen-bond donors (Lipinski definition) is 1. The molecule has 1 N–H and O–H groups in total. The molecule has 128 valence electrons. The van der Waals surface area contributed by atoms with Crippen LogP contribution in [0, 0.1) is 0 Å². The van der Waals surface area contributed by atoms with Gasteiger partial charge in [-0.15, -0.1) is 0 Å². The molecule has 0 saturated heterocycles. The molecular weight excluding hydrogens is 420 g/mol. The Morgan fingerprint density at radius 2 is 2.12 bits per heavy atom. The van der Waals surface area contributed by atoms with Gasteiger partial charge >= 0.3 is 0 Å². The number of halogens is 2. The lowest BCUT2D eigenvalue weighted by Gasteiger charge is -2.09. The molecule has 1 amide bonds. The van der Waals surface area contributed by atoms with Gasteiger partial charge in [0.2, 0.25) is 0 Å². The second-order valence-corrected chi connectivity index (χ2v) is 8.49. The number of nitrogens with zero attached hydrogens (tertiary/aromatic N) is 1. The summed E-state index contributed by atoms with van der Waals surface area (Å²) in [5.74, 6) is -0.0416. The fourth-order valence-electron chi connectivity index (χ4n) is 1.75. The van der Waals surface area contributed by atoms with Crippen LogP contribution in [0.1, 0.15) is 10.4 Å². The maximum Gasteiger partial charge on any atom is 0.258 e.